The molecule has 0 radical (unpaired) electrons. The van der Waals surface area contributed by atoms with Gasteiger partial charge in [0.2, 0.25) is 0 Å². The van der Waals surface area contributed by atoms with Crippen molar-refractivity contribution in [1.82, 2.24) is 0 Å². The third kappa shape index (κ3) is 6.28. The van der Waals surface area contributed by atoms with Crippen molar-refractivity contribution in [2.24, 2.45) is 0 Å². The lowest BCUT2D eigenvalue weighted by Crippen LogP contribution is -1.88. The van der Waals surface area contributed by atoms with Gasteiger partial charge >= 0.3 is 0 Å². The summed E-state index contributed by atoms with van der Waals surface area (Å²) in [5.74, 6) is 0. The van der Waals surface area contributed by atoms with Gasteiger partial charge in [0.1, 0.15) is 0 Å². The first kappa shape index (κ1) is 14.0. The Morgan fingerprint density at radius 1 is 1.06 bits per heavy atom. The molecule has 1 aromatic rings. The Morgan fingerprint density at radius 2 is 1.82 bits per heavy atom. The Labute approximate surface area is 106 Å². The quantitative estimate of drug-likeness (QED) is 0.601. The van der Waals surface area contributed by atoms with E-state index in [9.17, 15) is 0 Å². The maximum Gasteiger partial charge on any atom is 0.0650 e. The monoisotopic (exact) mass is 232 g/mol. The number of hydrogen-bond donors (Lipinski definition) is 0. The molecular weight excluding hydrogens is 208 g/mol. The molecule has 0 aromatic heterocycles. The summed E-state index contributed by atoms with van der Waals surface area (Å²) in [7, 11) is 0. The fraction of sp³-hybridized carbons (Fsp3) is 0.500. The van der Waals surface area contributed by atoms with E-state index in [0.717, 1.165) is 6.61 Å². The highest BCUT2D eigenvalue weighted by Crippen LogP contribution is 2.09. The summed E-state index contributed by atoms with van der Waals surface area (Å²) in [5, 5.41) is 0. The molecule has 1 nitrogen and oxygen atoms in total. The molecule has 0 spiro atoms. The Kier molecular flexibility index (Phi) is 7.40. The second-order valence-corrected chi connectivity index (χ2v) is 4.26. The van der Waals surface area contributed by atoms with E-state index in [1.54, 1.807) is 0 Å². The van der Waals surface area contributed by atoms with Gasteiger partial charge in [-0.1, -0.05) is 56.2 Å². The molecule has 17 heavy (non-hydrogen) atoms. The van der Waals surface area contributed by atoms with Crippen LogP contribution < -0.4 is 0 Å². The summed E-state index contributed by atoms with van der Waals surface area (Å²) >= 11 is 0. The van der Waals surface area contributed by atoms with Crippen LogP contribution in [-0.2, 0) is 11.2 Å². The summed E-state index contributed by atoms with van der Waals surface area (Å²) in [5.41, 5.74) is 2.70. The first-order valence-corrected chi connectivity index (χ1v) is 6.70. The minimum absolute atomic E-state index is 0.703. The molecule has 0 fully saturated rings. The van der Waals surface area contributed by atoms with Crippen LogP contribution in [0.5, 0.6) is 0 Å². The van der Waals surface area contributed by atoms with Gasteiger partial charge in [-0.3, -0.25) is 0 Å². The lowest BCUT2D eigenvalue weighted by atomic mass is 10.1. The van der Waals surface area contributed by atoms with E-state index in [-0.39, 0.29) is 0 Å². The molecule has 1 heteroatoms. The molecule has 1 aromatic carbocycles. The standard InChI is InChI=1S/C16H24O/c1-3-5-6-8-15-10-12-16(13-11-15)9-7-14-17-4-2/h7,9-13H,3-6,8,14H2,1-2H3/b9-7+. The van der Waals surface area contributed by atoms with Crippen LogP contribution in [0.15, 0.2) is 30.3 Å². The Morgan fingerprint density at radius 3 is 2.47 bits per heavy atom. The minimum atomic E-state index is 0.703. The van der Waals surface area contributed by atoms with E-state index < -0.39 is 0 Å². The van der Waals surface area contributed by atoms with Crippen LogP contribution in [0.2, 0.25) is 0 Å². The summed E-state index contributed by atoms with van der Waals surface area (Å²) in [4.78, 5) is 0. The molecule has 0 heterocycles. The summed E-state index contributed by atoms with van der Waals surface area (Å²) in [6.45, 7) is 5.74. The van der Waals surface area contributed by atoms with Crippen LogP contribution in [0.1, 0.15) is 44.2 Å². The van der Waals surface area contributed by atoms with Crippen molar-refractivity contribution in [2.45, 2.75) is 39.5 Å². The number of rotatable bonds is 8. The molecule has 0 saturated heterocycles. The van der Waals surface area contributed by atoms with Crippen LogP contribution >= 0.6 is 0 Å². The second kappa shape index (κ2) is 9.00. The smallest absolute Gasteiger partial charge is 0.0650 e. The van der Waals surface area contributed by atoms with E-state index in [4.69, 9.17) is 4.74 Å². The molecule has 0 aliphatic rings. The van der Waals surface area contributed by atoms with Crippen LogP contribution in [0.25, 0.3) is 6.08 Å². The van der Waals surface area contributed by atoms with E-state index in [1.807, 2.05) is 6.92 Å². The van der Waals surface area contributed by atoms with Crippen molar-refractivity contribution >= 4 is 6.08 Å². The zero-order valence-electron chi connectivity index (χ0n) is 11.1. The number of aryl methyl sites for hydroxylation is 1. The van der Waals surface area contributed by atoms with Gasteiger partial charge in [0, 0.05) is 6.61 Å². The molecule has 94 valence electrons. The lowest BCUT2D eigenvalue weighted by molar-refractivity contribution is 0.178. The Balaban J connectivity index is 2.36. The maximum absolute atomic E-state index is 5.26. The molecule has 0 amide bonds. The molecule has 0 aliphatic carbocycles. The highest BCUT2D eigenvalue weighted by atomic mass is 16.5. The zero-order valence-corrected chi connectivity index (χ0v) is 11.1. The first-order valence-electron chi connectivity index (χ1n) is 6.70. The average Bonchev–Trinajstić information content (AvgIpc) is 2.37. The van der Waals surface area contributed by atoms with Gasteiger partial charge < -0.3 is 4.74 Å². The van der Waals surface area contributed by atoms with Crippen molar-refractivity contribution in [1.29, 1.82) is 0 Å². The number of unbranched alkanes of at least 4 members (excludes halogenated alkanes) is 2. The largest absolute Gasteiger partial charge is 0.378 e. The van der Waals surface area contributed by atoms with Gasteiger partial charge in [-0.05, 0) is 30.9 Å². The van der Waals surface area contributed by atoms with Crippen molar-refractivity contribution in [3.8, 4) is 0 Å². The minimum Gasteiger partial charge on any atom is -0.378 e. The van der Waals surface area contributed by atoms with Crippen molar-refractivity contribution in [3.05, 3.63) is 41.5 Å². The normalized spacial score (nSPS) is 11.2. The molecule has 0 aliphatic heterocycles. The third-order valence-corrected chi connectivity index (χ3v) is 2.78. The van der Waals surface area contributed by atoms with Gasteiger partial charge in [0.25, 0.3) is 0 Å². The zero-order chi connectivity index (χ0) is 12.3. The fourth-order valence-electron chi connectivity index (χ4n) is 1.74. The predicted octanol–water partition coefficient (Wildman–Crippen LogP) is 4.47. The molecule has 0 saturated carbocycles. The lowest BCUT2D eigenvalue weighted by Gasteiger charge is -2.01. The SMILES string of the molecule is CCCCCc1ccc(/C=C/COCC)cc1. The number of ether oxygens (including phenoxy) is 1. The van der Waals surface area contributed by atoms with E-state index in [2.05, 4.69) is 43.3 Å². The Bertz CT molecular complexity index is 311. The Hall–Kier alpha value is -1.08. The van der Waals surface area contributed by atoms with Crippen molar-refractivity contribution in [2.75, 3.05) is 13.2 Å². The molecule has 0 N–H and O–H groups in total. The van der Waals surface area contributed by atoms with E-state index in [0.29, 0.717) is 6.61 Å². The van der Waals surface area contributed by atoms with Crippen molar-refractivity contribution in [3.63, 3.8) is 0 Å². The second-order valence-electron chi connectivity index (χ2n) is 4.26. The van der Waals surface area contributed by atoms with Gasteiger partial charge in [0.05, 0.1) is 6.61 Å². The molecular formula is C16H24O. The van der Waals surface area contributed by atoms with Crippen LogP contribution in [0.3, 0.4) is 0 Å². The first-order chi connectivity index (χ1) is 8.36. The topological polar surface area (TPSA) is 9.23 Å². The van der Waals surface area contributed by atoms with Crippen LogP contribution in [0, 0.1) is 0 Å². The molecule has 0 unspecified atom stereocenters. The average molecular weight is 232 g/mol. The molecule has 1 rings (SSSR count). The maximum atomic E-state index is 5.26. The summed E-state index contributed by atoms with van der Waals surface area (Å²) < 4.78 is 5.26. The van der Waals surface area contributed by atoms with Crippen molar-refractivity contribution < 1.29 is 4.74 Å². The summed E-state index contributed by atoms with van der Waals surface area (Å²) in [6.07, 6.45) is 9.31. The van der Waals surface area contributed by atoms with Gasteiger partial charge in [-0.15, -0.1) is 0 Å². The predicted molar refractivity (Wildman–Crippen MR) is 75.2 cm³/mol. The summed E-state index contributed by atoms with van der Waals surface area (Å²) in [6, 6.07) is 8.83. The third-order valence-electron chi connectivity index (χ3n) is 2.78. The van der Waals surface area contributed by atoms with Crippen LogP contribution in [0.4, 0.5) is 0 Å². The van der Waals surface area contributed by atoms with E-state index >= 15 is 0 Å². The molecule has 0 atom stereocenters. The fourth-order valence-corrected chi connectivity index (χ4v) is 1.74. The van der Waals surface area contributed by atoms with Gasteiger partial charge in [-0.25, -0.2) is 0 Å². The molecule has 0 bridgehead atoms. The number of benzene rings is 1. The van der Waals surface area contributed by atoms with Gasteiger partial charge in [0.15, 0.2) is 0 Å². The highest BCUT2D eigenvalue weighted by molar-refractivity contribution is 5.49. The van der Waals surface area contributed by atoms with Crippen LogP contribution in [-0.4, -0.2) is 13.2 Å². The van der Waals surface area contributed by atoms with Gasteiger partial charge in [-0.2, -0.15) is 0 Å². The highest BCUT2D eigenvalue weighted by Gasteiger charge is 1.93. The van der Waals surface area contributed by atoms with E-state index in [1.165, 1.54) is 36.8 Å². The number of hydrogen-bond acceptors (Lipinski definition) is 1.